The van der Waals surface area contributed by atoms with E-state index in [1.807, 2.05) is 38.1 Å². The van der Waals surface area contributed by atoms with Gasteiger partial charge in [-0.05, 0) is 26.8 Å². The van der Waals surface area contributed by atoms with Gasteiger partial charge in [-0.3, -0.25) is 4.79 Å². The lowest BCUT2D eigenvalue weighted by Crippen LogP contribution is -2.31. The number of aromatic nitrogens is 1. The Morgan fingerprint density at radius 2 is 2.10 bits per heavy atom. The van der Waals surface area contributed by atoms with Gasteiger partial charge in [0.15, 0.2) is 5.75 Å². The maximum Gasteiger partial charge on any atom is 0.256 e. The number of fused-ring (bicyclic) bond motifs is 1. The Balaban J connectivity index is 2.62. The van der Waals surface area contributed by atoms with Crippen LogP contribution < -0.4 is 10.1 Å². The number of carbonyl (C=O) groups excluding carboxylic acids is 1. The van der Waals surface area contributed by atoms with Crippen molar-refractivity contribution in [2.45, 2.75) is 26.8 Å². The third-order valence-electron chi connectivity index (χ3n) is 3.00. The van der Waals surface area contributed by atoms with Crippen LogP contribution in [0.4, 0.5) is 0 Å². The lowest BCUT2D eigenvalue weighted by molar-refractivity contribution is 0.0939. The molecule has 2 rings (SSSR count). The third kappa shape index (κ3) is 3.31. The molecule has 0 aliphatic rings. The number of carbonyl (C=O) groups is 1. The average Bonchev–Trinajstić information content (AvgIpc) is 2.43. The number of para-hydroxylation sites is 1. The molecule has 0 aliphatic carbocycles. The van der Waals surface area contributed by atoms with Gasteiger partial charge < -0.3 is 15.2 Å². The highest BCUT2D eigenvalue weighted by molar-refractivity contribution is 6.08. The SMILES string of the molecule is Cc1nc2ccccc2c(C(=O)NC(C)C)c1OCCO. The van der Waals surface area contributed by atoms with E-state index in [1.54, 1.807) is 6.92 Å². The number of benzene rings is 1. The van der Waals surface area contributed by atoms with Gasteiger partial charge in [-0.25, -0.2) is 4.98 Å². The molecule has 0 saturated carbocycles. The molecule has 2 aromatic rings. The van der Waals surface area contributed by atoms with E-state index in [0.29, 0.717) is 17.0 Å². The molecule has 21 heavy (non-hydrogen) atoms. The number of pyridine rings is 1. The zero-order valence-corrected chi connectivity index (χ0v) is 12.5. The van der Waals surface area contributed by atoms with E-state index < -0.39 is 0 Å². The lowest BCUT2D eigenvalue weighted by atomic mass is 10.1. The van der Waals surface area contributed by atoms with Crippen molar-refractivity contribution in [3.63, 3.8) is 0 Å². The summed E-state index contributed by atoms with van der Waals surface area (Å²) in [7, 11) is 0. The van der Waals surface area contributed by atoms with Crippen LogP contribution in [-0.2, 0) is 0 Å². The van der Waals surface area contributed by atoms with Crippen LogP contribution in [0.2, 0.25) is 0 Å². The van der Waals surface area contributed by atoms with E-state index in [0.717, 1.165) is 10.9 Å². The first kappa shape index (κ1) is 15.3. The molecular formula is C16H20N2O3. The quantitative estimate of drug-likeness (QED) is 0.883. The van der Waals surface area contributed by atoms with E-state index >= 15 is 0 Å². The predicted octanol–water partition coefficient (Wildman–Crippen LogP) is 2.05. The van der Waals surface area contributed by atoms with Crippen molar-refractivity contribution in [3.8, 4) is 5.75 Å². The highest BCUT2D eigenvalue weighted by atomic mass is 16.5. The fraction of sp³-hybridized carbons (Fsp3) is 0.375. The topological polar surface area (TPSA) is 71.5 Å². The molecule has 112 valence electrons. The first-order chi connectivity index (χ1) is 10.0. The van der Waals surface area contributed by atoms with Gasteiger partial charge in [0, 0.05) is 11.4 Å². The van der Waals surface area contributed by atoms with E-state index in [-0.39, 0.29) is 25.2 Å². The monoisotopic (exact) mass is 288 g/mol. The molecule has 0 aliphatic heterocycles. The first-order valence-electron chi connectivity index (χ1n) is 6.98. The van der Waals surface area contributed by atoms with E-state index in [9.17, 15) is 4.79 Å². The van der Waals surface area contributed by atoms with Crippen molar-refractivity contribution in [2.75, 3.05) is 13.2 Å². The molecule has 5 nitrogen and oxygen atoms in total. The molecule has 0 bridgehead atoms. The molecule has 0 fully saturated rings. The molecule has 1 aromatic heterocycles. The second-order valence-corrected chi connectivity index (χ2v) is 5.12. The Bertz CT molecular complexity index is 653. The van der Waals surface area contributed by atoms with Crippen LogP contribution in [0.25, 0.3) is 10.9 Å². The van der Waals surface area contributed by atoms with Gasteiger partial charge in [-0.15, -0.1) is 0 Å². The molecular weight excluding hydrogens is 268 g/mol. The second-order valence-electron chi connectivity index (χ2n) is 5.12. The van der Waals surface area contributed by atoms with Crippen LogP contribution in [0.15, 0.2) is 24.3 Å². The van der Waals surface area contributed by atoms with Crippen LogP contribution in [0.5, 0.6) is 5.75 Å². The average molecular weight is 288 g/mol. The van der Waals surface area contributed by atoms with Gasteiger partial charge in [-0.2, -0.15) is 0 Å². The van der Waals surface area contributed by atoms with Gasteiger partial charge in [0.1, 0.15) is 6.61 Å². The molecule has 1 heterocycles. The van der Waals surface area contributed by atoms with Crippen molar-refractivity contribution >= 4 is 16.8 Å². The molecule has 1 aromatic carbocycles. The van der Waals surface area contributed by atoms with Crippen molar-refractivity contribution in [2.24, 2.45) is 0 Å². The smallest absolute Gasteiger partial charge is 0.256 e. The summed E-state index contributed by atoms with van der Waals surface area (Å²) in [5, 5.41) is 12.6. The predicted molar refractivity (Wildman–Crippen MR) is 81.7 cm³/mol. The van der Waals surface area contributed by atoms with Gasteiger partial charge >= 0.3 is 0 Å². The summed E-state index contributed by atoms with van der Waals surface area (Å²) in [6, 6.07) is 7.48. The highest BCUT2D eigenvalue weighted by Crippen LogP contribution is 2.29. The summed E-state index contributed by atoms with van der Waals surface area (Å²) < 4.78 is 5.55. The summed E-state index contributed by atoms with van der Waals surface area (Å²) in [5.74, 6) is 0.237. The van der Waals surface area contributed by atoms with Crippen molar-refractivity contribution in [1.82, 2.24) is 10.3 Å². The number of aliphatic hydroxyl groups excluding tert-OH is 1. The molecule has 0 unspecified atom stereocenters. The maximum atomic E-state index is 12.5. The fourth-order valence-corrected chi connectivity index (χ4v) is 2.20. The van der Waals surface area contributed by atoms with Crippen molar-refractivity contribution in [1.29, 1.82) is 0 Å². The number of aliphatic hydroxyl groups is 1. The van der Waals surface area contributed by atoms with Crippen LogP contribution in [0.3, 0.4) is 0 Å². The number of nitrogens with one attached hydrogen (secondary N) is 1. The van der Waals surface area contributed by atoms with Gasteiger partial charge in [0.2, 0.25) is 0 Å². The molecule has 0 spiro atoms. The number of hydrogen-bond acceptors (Lipinski definition) is 4. The summed E-state index contributed by atoms with van der Waals surface area (Å²) in [6.45, 7) is 5.62. The number of nitrogens with zero attached hydrogens (tertiary/aromatic N) is 1. The van der Waals surface area contributed by atoms with E-state index in [1.165, 1.54) is 0 Å². The number of hydrogen-bond donors (Lipinski definition) is 2. The maximum absolute atomic E-state index is 12.5. The molecule has 0 saturated heterocycles. The van der Waals surface area contributed by atoms with Gasteiger partial charge in [0.05, 0.1) is 23.4 Å². The Morgan fingerprint density at radius 1 is 1.38 bits per heavy atom. The van der Waals surface area contributed by atoms with Crippen LogP contribution in [0, 0.1) is 6.92 Å². The Kier molecular flexibility index (Phi) is 4.75. The summed E-state index contributed by atoms with van der Waals surface area (Å²) in [6.07, 6.45) is 0. The Labute approximate surface area is 124 Å². The largest absolute Gasteiger partial charge is 0.488 e. The van der Waals surface area contributed by atoms with Crippen LogP contribution in [0.1, 0.15) is 29.9 Å². The summed E-state index contributed by atoms with van der Waals surface area (Å²) in [5.41, 5.74) is 1.86. The van der Waals surface area contributed by atoms with E-state index in [2.05, 4.69) is 10.3 Å². The number of amides is 1. The Hall–Kier alpha value is -2.14. The minimum atomic E-state index is -0.195. The molecule has 5 heteroatoms. The second kappa shape index (κ2) is 6.54. The molecule has 0 atom stereocenters. The zero-order valence-electron chi connectivity index (χ0n) is 12.5. The Morgan fingerprint density at radius 3 is 2.76 bits per heavy atom. The standard InChI is InChI=1S/C16H20N2O3/c1-10(2)17-16(20)14-12-6-4-5-7-13(12)18-11(3)15(14)21-9-8-19/h4-7,10,19H,8-9H2,1-3H3,(H,17,20). The molecule has 2 N–H and O–H groups in total. The van der Waals surface area contributed by atoms with E-state index in [4.69, 9.17) is 9.84 Å². The van der Waals surface area contributed by atoms with Crippen LogP contribution in [-0.4, -0.2) is 35.3 Å². The fourth-order valence-electron chi connectivity index (χ4n) is 2.20. The van der Waals surface area contributed by atoms with Gasteiger partial charge in [-0.1, -0.05) is 18.2 Å². The third-order valence-corrected chi connectivity index (χ3v) is 3.00. The molecule has 0 radical (unpaired) electrons. The van der Waals surface area contributed by atoms with Crippen molar-refractivity contribution in [3.05, 3.63) is 35.5 Å². The first-order valence-corrected chi connectivity index (χ1v) is 6.98. The minimum Gasteiger partial charge on any atom is -0.488 e. The van der Waals surface area contributed by atoms with Gasteiger partial charge in [0.25, 0.3) is 5.91 Å². The number of ether oxygens (including phenoxy) is 1. The normalized spacial score (nSPS) is 10.9. The lowest BCUT2D eigenvalue weighted by Gasteiger charge is -2.16. The van der Waals surface area contributed by atoms with Crippen LogP contribution >= 0.6 is 0 Å². The van der Waals surface area contributed by atoms with Crippen molar-refractivity contribution < 1.29 is 14.6 Å². The molecule has 1 amide bonds. The number of rotatable bonds is 5. The summed E-state index contributed by atoms with van der Waals surface area (Å²) >= 11 is 0. The highest BCUT2D eigenvalue weighted by Gasteiger charge is 2.20. The number of aryl methyl sites for hydroxylation is 1. The zero-order chi connectivity index (χ0) is 15.4. The summed E-state index contributed by atoms with van der Waals surface area (Å²) in [4.78, 5) is 17.0. The minimum absolute atomic E-state index is 0.0235.